The molecule has 0 fully saturated rings. The van der Waals surface area contributed by atoms with Crippen LogP contribution in [0.4, 0.5) is 0 Å². The predicted octanol–water partition coefficient (Wildman–Crippen LogP) is 0.265. The average Bonchev–Trinajstić information content (AvgIpc) is 2.93. The average molecular weight is 278 g/mol. The van der Waals surface area contributed by atoms with E-state index in [2.05, 4.69) is 15.8 Å². The lowest BCUT2D eigenvalue weighted by molar-refractivity contribution is -0.121. The van der Waals surface area contributed by atoms with Crippen LogP contribution in [0.1, 0.15) is 24.6 Å². The Labute approximate surface area is 117 Å². The van der Waals surface area contributed by atoms with Gasteiger partial charge in [-0.2, -0.15) is 5.10 Å². The molecule has 2 rings (SSSR count). The Bertz CT molecular complexity index is 508. The summed E-state index contributed by atoms with van der Waals surface area (Å²) in [7, 11) is 3.83. The fraction of sp³-hybridized carbons (Fsp3) is 0.462. The summed E-state index contributed by atoms with van der Waals surface area (Å²) in [5.74, 6) is 0.362. The number of amides is 2. The zero-order chi connectivity index (χ0) is 14.5. The molecule has 1 atom stereocenters. The molecule has 1 aliphatic rings. The van der Waals surface area contributed by atoms with Gasteiger partial charge in [-0.1, -0.05) is 0 Å². The van der Waals surface area contributed by atoms with Crippen molar-refractivity contribution in [2.24, 2.45) is 5.10 Å². The van der Waals surface area contributed by atoms with E-state index >= 15 is 0 Å². The molecular weight excluding hydrogens is 260 g/mol. The fourth-order valence-corrected chi connectivity index (χ4v) is 1.95. The van der Waals surface area contributed by atoms with Gasteiger partial charge in [0, 0.05) is 19.4 Å². The monoisotopic (exact) mass is 278 g/mol. The summed E-state index contributed by atoms with van der Waals surface area (Å²) in [4.78, 5) is 24.9. The van der Waals surface area contributed by atoms with E-state index in [1.807, 2.05) is 31.1 Å². The van der Waals surface area contributed by atoms with Gasteiger partial charge in [-0.15, -0.1) is 0 Å². The molecule has 2 N–H and O–H groups in total. The van der Waals surface area contributed by atoms with Crippen LogP contribution in [-0.4, -0.2) is 43.1 Å². The van der Waals surface area contributed by atoms with Crippen LogP contribution in [0.3, 0.4) is 0 Å². The maximum atomic E-state index is 12.0. The Morgan fingerprint density at radius 3 is 2.90 bits per heavy atom. The molecule has 1 aliphatic heterocycles. The first-order chi connectivity index (χ1) is 9.58. The molecule has 0 unspecified atom stereocenters. The molecule has 7 nitrogen and oxygen atoms in total. The molecular formula is C13H18N4O3. The number of nitrogens with zero attached hydrogens (tertiary/aromatic N) is 2. The van der Waals surface area contributed by atoms with Crippen LogP contribution in [0.25, 0.3) is 0 Å². The number of hydrogen-bond acceptors (Lipinski definition) is 5. The van der Waals surface area contributed by atoms with Gasteiger partial charge in [0.15, 0.2) is 0 Å². The van der Waals surface area contributed by atoms with Crippen LogP contribution in [0.5, 0.6) is 0 Å². The summed E-state index contributed by atoms with van der Waals surface area (Å²) in [5.41, 5.74) is 2.66. The lowest BCUT2D eigenvalue weighted by atomic mass is 10.1. The van der Waals surface area contributed by atoms with Crippen molar-refractivity contribution < 1.29 is 14.0 Å². The van der Waals surface area contributed by atoms with E-state index in [0.29, 0.717) is 25.1 Å². The van der Waals surface area contributed by atoms with Crippen LogP contribution >= 0.6 is 0 Å². The lowest BCUT2D eigenvalue weighted by Gasteiger charge is -2.23. The van der Waals surface area contributed by atoms with Gasteiger partial charge in [-0.25, -0.2) is 5.43 Å². The molecule has 0 spiro atoms. The molecule has 7 heteroatoms. The molecule has 0 aromatic carbocycles. The summed E-state index contributed by atoms with van der Waals surface area (Å²) in [6.07, 6.45) is 2.26. The molecule has 0 aliphatic carbocycles. The Kier molecular flexibility index (Phi) is 4.52. The number of furan rings is 1. The van der Waals surface area contributed by atoms with E-state index in [4.69, 9.17) is 4.42 Å². The van der Waals surface area contributed by atoms with E-state index in [1.54, 1.807) is 6.26 Å². The molecule has 0 saturated heterocycles. The summed E-state index contributed by atoms with van der Waals surface area (Å²) in [6.45, 7) is 0.409. The summed E-state index contributed by atoms with van der Waals surface area (Å²) >= 11 is 0. The molecule has 1 aromatic rings. The summed E-state index contributed by atoms with van der Waals surface area (Å²) in [6, 6.07) is 3.64. The largest absolute Gasteiger partial charge is 0.468 e. The summed E-state index contributed by atoms with van der Waals surface area (Å²) < 4.78 is 5.37. The van der Waals surface area contributed by atoms with Crippen LogP contribution in [0, 0.1) is 0 Å². The van der Waals surface area contributed by atoms with E-state index in [1.165, 1.54) is 0 Å². The number of rotatable bonds is 5. The zero-order valence-electron chi connectivity index (χ0n) is 11.5. The second kappa shape index (κ2) is 6.33. The van der Waals surface area contributed by atoms with Crippen LogP contribution in [0.2, 0.25) is 0 Å². The molecule has 2 heterocycles. The highest BCUT2D eigenvalue weighted by Gasteiger charge is 2.21. The topological polar surface area (TPSA) is 86.9 Å². The maximum absolute atomic E-state index is 12.0. The third-order valence-electron chi connectivity index (χ3n) is 3.12. The number of nitrogens with one attached hydrogen (secondary N) is 2. The van der Waals surface area contributed by atoms with Crippen LogP contribution in [-0.2, 0) is 9.59 Å². The van der Waals surface area contributed by atoms with E-state index in [9.17, 15) is 9.59 Å². The molecule has 0 saturated carbocycles. The highest BCUT2D eigenvalue weighted by molar-refractivity contribution is 6.39. The molecule has 1 aromatic heterocycles. The second-order valence-corrected chi connectivity index (χ2v) is 4.80. The third kappa shape index (κ3) is 3.45. The molecule has 108 valence electrons. The fourth-order valence-electron chi connectivity index (χ4n) is 1.95. The van der Waals surface area contributed by atoms with Crippen molar-refractivity contribution >= 4 is 17.5 Å². The van der Waals surface area contributed by atoms with Gasteiger partial charge in [0.05, 0.1) is 12.3 Å². The molecule has 0 radical (unpaired) electrons. The third-order valence-corrected chi connectivity index (χ3v) is 3.12. The number of carbonyl (C=O) groups is 2. The van der Waals surface area contributed by atoms with E-state index in [0.717, 1.165) is 5.76 Å². The van der Waals surface area contributed by atoms with Gasteiger partial charge in [-0.05, 0) is 26.2 Å². The van der Waals surface area contributed by atoms with Crippen molar-refractivity contribution in [3.8, 4) is 0 Å². The Morgan fingerprint density at radius 1 is 1.55 bits per heavy atom. The first-order valence-corrected chi connectivity index (χ1v) is 6.41. The number of likely N-dealkylation sites (N-methyl/N-ethyl adjacent to an activating group) is 1. The van der Waals surface area contributed by atoms with Gasteiger partial charge < -0.3 is 9.73 Å². The van der Waals surface area contributed by atoms with Gasteiger partial charge in [0.25, 0.3) is 5.91 Å². The SMILES string of the molecule is CN(C)[C@H](CNC(=O)C1=NNC(=O)CC1)c1ccco1. The van der Waals surface area contributed by atoms with Crippen molar-refractivity contribution in [2.75, 3.05) is 20.6 Å². The van der Waals surface area contributed by atoms with Crippen molar-refractivity contribution in [1.29, 1.82) is 0 Å². The first kappa shape index (κ1) is 14.3. The lowest BCUT2D eigenvalue weighted by Crippen LogP contribution is -2.40. The highest BCUT2D eigenvalue weighted by atomic mass is 16.3. The quantitative estimate of drug-likeness (QED) is 0.809. The molecule has 20 heavy (non-hydrogen) atoms. The Balaban J connectivity index is 1.93. The minimum atomic E-state index is -0.261. The van der Waals surface area contributed by atoms with Gasteiger partial charge in [0.2, 0.25) is 5.91 Å². The molecule has 0 bridgehead atoms. The number of hydrogen-bond donors (Lipinski definition) is 2. The Hall–Kier alpha value is -2.15. The summed E-state index contributed by atoms with van der Waals surface area (Å²) in [5, 5.41) is 6.58. The normalized spacial score (nSPS) is 16.6. The highest BCUT2D eigenvalue weighted by Crippen LogP contribution is 2.17. The van der Waals surface area contributed by atoms with Crippen molar-refractivity contribution in [3.63, 3.8) is 0 Å². The van der Waals surface area contributed by atoms with Gasteiger partial charge >= 0.3 is 0 Å². The van der Waals surface area contributed by atoms with Crippen molar-refractivity contribution in [2.45, 2.75) is 18.9 Å². The van der Waals surface area contributed by atoms with Crippen LogP contribution < -0.4 is 10.7 Å². The smallest absolute Gasteiger partial charge is 0.267 e. The van der Waals surface area contributed by atoms with Gasteiger partial charge in [-0.3, -0.25) is 14.5 Å². The Morgan fingerprint density at radius 2 is 2.35 bits per heavy atom. The van der Waals surface area contributed by atoms with Crippen molar-refractivity contribution in [3.05, 3.63) is 24.2 Å². The second-order valence-electron chi connectivity index (χ2n) is 4.80. The standard InChI is InChI=1S/C13H18N4O3/c1-17(2)10(11-4-3-7-20-11)8-14-13(19)9-5-6-12(18)16-15-9/h3-4,7,10H,5-6,8H2,1-2H3,(H,14,19)(H,16,18)/t10-/m1/s1. The van der Waals surface area contributed by atoms with E-state index in [-0.39, 0.29) is 17.9 Å². The predicted molar refractivity (Wildman–Crippen MR) is 73.0 cm³/mol. The minimum absolute atomic E-state index is 0.0484. The number of carbonyl (C=O) groups excluding carboxylic acids is 2. The number of hydrazone groups is 1. The zero-order valence-corrected chi connectivity index (χ0v) is 11.5. The maximum Gasteiger partial charge on any atom is 0.267 e. The van der Waals surface area contributed by atoms with Crippen molar-refractivity contribution in [1.82, 2.24) is 15.6 Å². The minimum Gasteiger partial charge on any atom is -0.468 e. The first-order valence-electron chi connectivity index (χ1n) is 6.41. The van der Waals surface area contributed by atoms with E-state index < -0.39 is 0 Å². The van der Waals surface area contributed by atoms with Gasteiger partial charge in [0.1, 0.15) is 11.5 Å². The molecule has 2 amide bonds. The van der Waals surface area contributed by atoms with Crippen LogP contribution in [0.15, 0.2) is 27.9 Å².